The van der Waals surface area contributed by atoms with Crippen LogP contribution >= 0.6 is 15.9 Å². The normalized spacial score (nSPS) is 20.7. The Morgan fingerprint density at radius 3 is 2.57 bits per heavy atom. The number of halogens is 2. The Morgan fingerprint density at radius 1 is 1.38 bits per heavy atom. The van der Waals surface area contributed by atoms with Gasteiger partial charge in [-0.1, -0.05) is 29.8 Å². The summed E-state index contributed by atoms with van der Waals surface area (Å²) in [7, 11) is 2.08. The molecule has 0 amide bonds. The molecule has 21 heavy (non-hydrogen) atoms. The molecular weight excluding hydrogens is 331 g/mol. The molecule has 2 nitrogen and oxygen atoms in total. The molecule has 1 aromatic carbocycles. The van der Waals surface area contributed by atoms with Gasteiger partial charge in [-0.2, -0.15) is 0 Å². The van der Waals surface area contributed by atoms with Crippen molar-refractivity contribution >= 4 is 15.9 Å². The van der Waals surface area contributed by atoms with Gasteiger partial charge in [-0.3, -0.25) is 4.90 Å². The molecule has 4 heteroatoms. The van der Waals surface area contributed by atoms with E-state index in [1.807, 2.05) is 6.07 Å². The highest BCUT2D eigenvalue weighted by atomic mass is 79.9. The molecule has 0 spiro atoms. The van der Waals surface area contributed by atoms with Gasteiger partial charge in [-0.25, -0.2) is 4.39 Å². The average molecular weight is 357 g/mol. The third-order valence-electron chi connectivity index (χ3n) is 4.92. The number of rotatable bonds is 4. The summed E-state index contributed by atoms with van der Waals surface area (Å²) in [5.74, 6) is -0.170. The number of nitrogens with zero attached hydrogens (tertiary/aromatic N) is 1. The highest BCUT2D eigenvalue weighted by Gasteiger charge is 2.32. The summed E-state index contributed by atoms with van der Waals surface area (Å²) in [6.07, 6.45) is 4.77. The molecule has 0 heterocycles. The first-order valence-electron chi connectivity index (χ1n) is 7.71. The SMILES string of the molecule is CN(C1CCC(C)(C)CC1)C(CN)c1cc(Br)ccc1F. The van der Waals surface area contributed by atoms with Gasteiger partial charge in [-0.15, -0.1) is 0 Å². The van der Waals surface area contributed by atoms with E-state index in [2.05, 4.69) is 41.7 Å². The molecule has 0 aromatic heterocycles. The summed E-state index contributed by atoms with van der Waals surface area (Å²) in [6.45, 7) is 5.10. The van der Waals surface area contributed by atoms with Crippen molar-refractivity contribution in [2.45, 2.75) is 51.6 Å². The van der Waals surface area contributed by atoms with Gasteiger partial charge in [0, 0.05) is 28.7 Å². The lowest BCUT2D eigenvalue weighted by Crippen LogP contribution is -2.42. The van der Waals surface area contributed by atoms with E-state index in [0.717, 1.165) is 17.3 Å². The van der Waals surface area contributed by atoms with E-state index < -0.39 is 0 Å². The van der Waals surface area contributed by atoms with Crippen LogP contribution in [0, 0.1) is 11.2 Å². The van der Waals surface area contributed by atoms with E-state index in [9.17, 15) is 4.39 Å². The van der Waals surface area contributed by atoms with E-state index in [1.165, 1.54) is 18.9 Å². The zero-order valence-electron chi connectivity index (χ0n) is 13.2. The van der Waals surface area contributed by atoms with Gasteiger partial charge >= 0.3 is 0 Å². The third-order valence-corrected chi connectivity index (χ3v) is 5.41. The second kappa shape index (κ2) is 6.76. The van der Waals surface area contributed by atoms with Gasteiger partial charge in [0.15, 0.2) is 0 Å². The first kappa shape index (κ1) is 16.9. The molecule has 2 rings (SSSR count). The minimum absolute atomic E-state index is 0.0614. The molecule has 1 aliphatic rings. The Labute approximate surface area is 136 Å². The Bertz CT molecular complexity index is 480. The van der Waals surface area contributed by atoms with Crippen molar-refractivity contribution < 1.29 is 4.39 Å². The van der Waals surface area contributed by atoms with Crippen LogP contribution in [-0.2, 0) is 0 Å². The fraction of sp³-hybridized carbons (Fsp3) is 0.647. The van der Waals surface area contributed by atoms with Crippen molar-refractivity contribution in [2.24, 2.45) is 11.1 Å². The smallest absolute Gasteiger partial charge is 0.128 e. The fourth-order valence-electron chi connectivity index (χ4n) is 3.33. The van der Waals surface area contributed by atoms with Crippen molar-refractivity contribution in [1.29, 1.82) is 0 Å². The zero-order valence-corrected chi connectivity index (χ0v) is 14.8. The zero-order chi connectivity index (χ0) is 15.6. The topological polar surface area (TPSA) is 29.3 Å². The summed E-state index contributed by atoms with van der Waals surface area (Å²) >= 11 is 3.43. The molecule has 1 aliphatic carbocycles. The highest BCUT2D eigenvalue weighted by molar-refractivity contribution is 9.10. The van der Waals surface area contributed by atoms with Crippen LogP contribution in [0.2, 0.25) is 0 Å². The maximum Gasteiger partial charge on any atom is 0.128 e. The Kier molecular flexibility index (Phi) is 5.44. The van der Waals surface area contributed by atoms with Gasteiger partial charge in [0.2, 0.25) is 0 Å². The molecule has 0 saturated heterocycles. The Hall–Kier alpha value is -0.450. The lowest BCUT2D eigenvalue weighted by molar-refractivity contribution is 0.0953. The van der Waals surface area contributed by atoms with Crippen LogP contribution in [0.4, 0.5) is 4.39 Å². The molecule has 1 atom stereocenters. The van der Waals surface area contributed by atoms with Crippen LogP contribution in [0.5, 0.6) is 0 Å². The molecule has 118 valence electrons. The predicted octanol–water partition coefficient (Wildman–Crippen LogP) is 4.49. The van der Waals surface area contributed by atoms with E-state index >= 15 is 0 Å². The predicted molar refractivity (Wildman–Crippen MR) is 89.7 cm³/mol. The molecule has 2 N–H and O–H groups in total. The van der Waals surface area contributed by atoms with Gasteiger partial charge in [-0.05, 0) is 56.3 Å². The molecule has 0 bridgehead atoms. The van der Waals surface area contributed by atoms with Crippen LogP contribution in [0.1, 0.15) is 51.1 Å². The molecule has 1 saturated carbocycles. The van der Waals surface area contributed by atoms with Crippen LogP contribution in [0.15, 0.2) is 22.7 Å². The number of hydrogen-bond acceptors (Lipinski definition) is 2. The maximum absolute atomic E-state index is 14.2. The summed E-state index contributed by atoms with van der Waals surface area (Å²) in [5.41, 5.74) is 7.10. The van der Waals surface area contributed by atoms with Gasteiger partial charge in [0.1, 0.15) is 5.82 Å². The standard InChI is InChI=1S/C17H26BrFN2/c1-17(2)8-6-13(7-9-17)21(3)16(11-20)14-10-12(18)4-5-15(14)19/h4-5,10,13,16H,6-9,11,20H2,1-3H3. The van der Waals surface area contributed by atoms with Crippen LogP contribution < -0.4 is 5.73 Å². The number of benzene rings is 1. The second-order valence-corrected chi connectivity index (χ2v) is 7.89. The summed E-state index contributed by atoms with van der Waals surface area (Å²) in [5, 5.41) is 0. The van der Waals surface area contributed by atoms with Crippen molar-refractivity contribution in [3.8, 4) is 0 Å². The average Bonchev–Trinajstić information content (AvgIpc) is 2.43. The van der Waals surface area contributed by atoms with Gasteiger partial charge < -0.3 is 5.73 Å². The lowest BCUT2D eigenvalue weighted by atomic mass is 9.75. The van der Waals surface area contributed by atoms with Gasteiger partial charge in [0.25, 0.3) is 0 Å². The van der Waals surface area contributed by atoms with Crippen molar-refractivity contribution in [2.75, 3.05) is 13.6 Å². The fourth-order valence-corrected chi connectivity index (χ4v) is 3.71. The number of likely N-dealkylation sites (N-methyl/N-ethyl adjacent to an activating group) is 1. The first-order chi connectivity index (χ1) is 9.84. The number of nitrogens with two attached hydrogens (primary N) is 1. The maximum atomic E-state index is 14.2. The van der Waals surface area contributed by atoms with Crippen LogP contribution in [-0.4, -0.2) is 24.5 Å². The third kappa shape index (κ3) is 4.05. The van der Waals surface area contributed by atoms with Crippen molar-refractivity contribution in [1.82, 2.24) is 4.90 Å². The van der Waals surface area contributed by atoms with Crippen molar-refractivity contribution in [3.63, 3.8) is 0 Å². The van der Waals surface area contributed by atoms with E-state index in [0.29, 0.717) is 23.6 Å². The van der Waals surface area contributed by atoms with E-state index in [1.54, 1.807) is 6.07 Å². The highest BCUT2D eigenvalue weighted by Crippen LogP contribution is 2.38. The molecule has 0 aliphatic heterocycles. The van der Waals surface area contributed by atoms with E-state index in [4.69, 9.17) is 5.73 Å². The largest absolute Gasteiger partial charge is 0.329 e. The Morgan fingerprint density at radius 2 is 2.00 bits per heavy atom. The second-order valence-electron chi connectivity index (χ2n) is 6.98. The molecular formula is C17H26BrFN2. The summed E-state index contributed by atoms with van der Waals surface area (Å²) in [4.78, 5) is 2.28. The minimum atomic E-state index is -0.170. The molecule has 1 fully saturated rings. The molecule has 0 radical (unpaired) electrons. The molecule has 1 unspecified atom stereocenters. The Balaban J connectivity index is 2.15. The molecule has 1 aromatic rings. The monoisotopic (exact) mass is 356 g/mol. The van der Waals surface area contributed by atoms with E-state index in [-0.39, 0.29) is 11.9 Å². The summed E-state index contributed by atoms with van der Waals surface area (Å²) in [6, 6.07) is 5.53. The quantitative estimate of drug-likeness (QED) is 0.860. The lowest BCUT2D eigenvalue weighted by Gasteiger charge is -2.41. The van der Waals surface area contributed by atoms with Crippen molar-refractivity contribution in [3.05, 3.63) is 34.1 Å². The minimum Gasteiger partial charge on any atom is -0.329 e. The first-order valence-corrected chi connectivity index (χ1v) is 8.50. The van der Waals surface area contributed by atoms with Gasteiger partial charge in [0.05, 0.1) is 0 Å². The van der Waals surface area contributed by atoms with Crippen LogP contribution in [0.25, 0.3) is 0 Å². The summed E-state index contributed by atoms with van der Waals surface area (Å²) < 4.78 is 15.1. The number of hydrogen-bond donors (Lipinski definition) is 1. The van der Waals surface area contributed by atoms with Crippen LogP contribution in [0.3, 0.4) is 0 Å².